The molecule has 1 heterocycles. The molecule has 0 bridgehead atoms. The van der Waals surface area contributed by atoms with E-state index in [0.717, 1.165) is 5.56 Å². The molecule has 1 unspecified atom stereocenters. The molecule has 0 aliphatic carbocycles. The van der Waals surface area contributed by atoms with E-state index in [2.05, 4.69) is 15.6 Å². The van der Waals surface area contributed by atoms with Gasteiger partial charge in [0.25, 0.3) is 0 Å². The second kappa shape index (κ2) is 8.62. The maximum absolute atomic E-state index is 11.2. The number of ether oxygens (including phenoxy) is 2. The average molecular weight is 390 g/mol. The van der Waals surface area contributed by atoms with Gasteiger partial charge in [-0.3, -0.25) is 4.99 Å². The average Bonchev–Trinajstić information content (AvgIpc) is 2.56. The van der Waals surface area contributed by atoms with Crippen molar-refractivity contribution in [3.63, 3.8) is 0 Å². The van der Waals surface area contributed by atoms with Crippen LogP contribution in [0, 0.1) is 0 Å². The van der Waals surface area contributed by atoms with Gasteiger partial charge in [0.2, 0.25) is 0 Å². The van der Waals surface area contributed by atoms with E-state index in [1.165, 1.54) is 6.26 Å². The molecule has 0 saturated carbocycles. The van der Waals surface area contributed by atoms with Crippen molar-refractivity contribution in [1.29, 1.82) is 0 Å². The molecule has 2 rings (SSSR count). The van der Waals surface area contributed by atoms with Gasteiger partial charge < -0.3 is 20.1 Å². The predicted molar refractivity (Wildman–Crippen MR) is 99.6 cm³/mol. The number of aliphatic imine (C=N–C) groups is 1. The molecule has 2 N–H and O–H groups in total. The van der Waals surface area contributed by atoms with Crippen LogP contribution in [0.25, 0.3) is 0 Å². The Hall–Kier alpha value is -1.67. The molecule has 0 aromatic heterocycles. The summed E-state index contributed by atoms with van der Waals surface area (Å²) in [5.74, 6) is 1.94. The van der Waals surface area contributed by atoms with Crippen LogP contribution in [0.3, 0.4) is 0 Å². The third-order valence-corrected chi connectivity index (χ3v) is 4.90. The number of guanidine groups is 1. The fourth-order valence-electron chi connectivity index (χ4n) is 2.34. The van der Waals surface area contributed by atoms with Crippen LogP contribution in [0.15, 0.2) is 17.1 Å². The van der Waals surface area contributed by atoms with Crippen LogP contribution in [0.1, 0.15) is 18.9 Å². The third-order valence-electron chi connectivity index (χ3n) is 3.64. The summed E-state index contributed by atoms with van der Waals surface area (Å²) in [5, 5.41) is 6.87. The Balaban J connectivity index is 1.91. The lowest BCUT2D eigenvalue weighted by atomic mass is 10.2. The minimum atomic E-state index is -2.97. The molecule has 140 valence electrons. The van der Waals surface area contributed by atoms with E-state index < -0.39 is 9.84 Å². The fourth-order valence-corrected chi connectivity index (χ4v) is 3.41. The minimum Gasteiger partial charge on any atom is -0.486 e. The summed E-state index contributed by atoms with van der Waals surface area (Å²) >= 11 is 6.23. The molecule has 0 radical (unpaired) electrons. The van der Waals surface area contributed by atoms with Crippen molar-refractivity contribution in [3.8, 4) is 11.5 Å². The first-order valence-electron chi connectivity index (χ1n) is 8.01. The van der Waals surface area contributed by atoms with Gasteiger partial charge in [0.15, 0.2) is 17.5 Å². The summed E-state index contributed by atoms with van der Waals surface area (Å²) < 4.78 is 33.6. The number of rotatable bonds is 6. The van der Waals surface area contributed by atoms with Crippen LogP contribution >= 0.6 is 11.6 Å². The molecule has 0 amide bonds. The lowest BCUT2D eigenvalue weighted by Gasteiger charge is -2.21. The Morgan fingerprint density at radius 2 is 2.08 bits per heavy atom. The van der Waals surface area contributed by atoms with Crippen LogP contribution in [-0.2, 0) is 16.4 Å². The highest BCUT2D eigenvalue weighted by Gasteiger charge is 2.17. The molecular formula is C16H24ClN3O4S. The second-order valence-corrected chi connectivity index (χ2v) is 8.66. The largest absolute Gasteiger partial charge is 0.486 e. The number of hydrogen-bond acceptors (Lipinski definition) is 5. The van der Waals surface area contributed by atoms with Crippen molar-refractivity contribution in [2.24, 2.45) is 4.99 Å². The Labute approximate surface area is 153 Å². The molecule has 7 nitrogen and oxygen atoms in total. The zero-order valence-electron chi connectivity index (χ0n) is 14.6. The van der Waals surface area contributed by atoms with Crippen molar-refractivity contribution < 1.29 is 17.9 Å². The summed E-state index contributed by atoms with van der Waals surface area (Å²) in [6, 6.07) is 3.68. The molecule has 1 aromatic carbocycles. The standard InChI is InChI=1S/C16H24ClN3O4S/c1-11(4-7-25(3,21)22)20-16(18-2)19-10-12-8-13(17)15-14(9-12)23-5-6-24-15/h8-9,11H,4-7,10H2,1-3H3,(H2,18,19,20). The van der Waals surface area contributed by atoms with E-state index in [-0.39, 0.29) is 11.8 Å². The summed E-state index contributed by atoms with van der Waals surface area (Å²) in [4.78, 5) is 4.15. The smallest absolute Gasteiger partial charge is 0.191 e. The first-order chi connectivity index (χ1) is 11.8. The predicted octanol–water partition coefficient (Wildman–Crippen LogP) is 1.60. The van der Waals surface area contributed by atoms with Crippen LogP contribution in [0.4, 0.5) is 0 Å². The van der Waals surface area contributed by atoms with Gasteiger partial charge in [0.1, 0.15) is 23.1 Å². The highest BCUT2D eigenvalue weighted by Crippen LogP contribution is 2.38. The number of benzene rings is 1. The minimum absolute atomic E-state index is 0.0234. The van der Waals surface area contributed by atoms with E-state index in [0.29, 0.717) is 48.7 Å². The monoisotopic (exact) mass is 389 g/mol. The number of sulfone groups is 1. The zero-order chi connectivity index (χ0) is 18.4. The fraction of sp³-hybridized carbons (Fsp3) is 0.562. The van der Waals surface area contributed by atoms with Crippen molar-refractivity contribution in [1.82, 2.24) is 10.6 Å². The molecule has 1 aliphatic heterocycles. The molecule has 9 heteroatoms. The van der Waals surface area contributed by atoms with Gasteiger partial charge in [-0.05, 0) is 31.0 Å². The van der Waals surface area contributed by atoms with Gasteiger partial charge in [-0.15, -0.1) is 0 Å². The molecule has 0 fully saturated rings. The summed E-state index contributed by atoms with van der Waals surface area (Å²) in [7, 11) is -1.31. The quantitative estimate of drug-likeness (QED) is 0.567. The van der Waals surface area contributed by atoms with Gasteiger partial charge in [-0.2, -0.15) is 0 Å². The van der Waals surface area contributed by atoms with Gasteiger partial charge in [0.05, 0.1) is 10.8 Å². The van der Waals surface area contributed by atoms with Crippen molar-refractivity contribution in [2.45, 2.75) is 25.9 Å². The van der Waals surface area contributed by atoms with Gasteiger partial charge in [-0.25, -0.2) is 8.42 Å². The van der Waals surface area contributed by atoms with Crippen molar-refractivity contribution in [3.05, 3.63) is 22.7 Å². The van der Waals surface area contributed by atoms with Crippen LogP contribution in [-0.4, -0.2) is 52.7 Å². The SMILES string of the molecule is CN=C(NCc1cc(Cl)c2c(c1)OCCO2)NC(C)CCS(C)(=O)=O. The van der Waals surface area contributed by atoms with Gasteiger partial charge >= 0.3 is 0 Å². The second-order valence-electron chi connectivity index (χ2n) is 5.99. The highest BCUT2D eigenvalue weighted by atomic mass is 35.5. The maximum Gasteiger partial charge on any atom is 0.191 e. The first-order valence-corrected chi connectivity index (χ1v) is 10.5. The summed E-state index contributed by atoms with van der Waals surface area (Å²) in [5.41, 5.74) is 0.931. The normalized spacial score (nSPS) is 15.6. The molecule has 0 spiro atoms. The number of fused-ring (bicyclic) bond motifs is 1. The molecule has 0 saturated heterocycles. The van der Waals surface area contributed by atoms with E-state index in [4.69, 9.17) is 21.1 Å². The Morgan fingerprint density at radius 3 is 2.76 bits per heavy atom. The van der Waals surface area contributed by atoms with Crippen molar-refractivity contribution >= 4 is 27.4 Å². The maximum atomic E-state index is 11.2. The summed E-state index contributed by atoms with van der Waals surface area (Å²) in [6.45, 7) is 3.40. The van der Waals surface area contributed by atoms with Gasteiger partial charge in [0, 0.05) is 25.9 Å². The van der Waals surface area contributed by atoms with Crippen LogP contribution in [0.5, 0.6) is 11.5 Å². The summed E-state index contributed by atoms with van der Waals surface area (Å²) in [6.07, 6.45) is 1.74. The molecular weight excluding hydrogens is 366 g/mol. The van der Waals surface area contributed by atoms with Crippen molar-refractivity contribution in [2.75, 3.05) is 32.3 Å². The first kappa shape index (κ1) is 19.7. The topological polar surface area (TPSA) is 89.0 Å². The Kier molecular flexibility index (Phi) is 6.78. The number of nitrogens with one attached hydrogen (secondary N) is 2. The van der Waals surface area contributed by atoms with Crippen LogP contribution < -0.4 is 20.1 Å². The van der Waals surface area contributed by atoms with Gasteiger partial charge in [-0.1, -0.05) is 11.6 Å². The zero-order valence-corrected chi connectivity index (χ0v) is 16.2. The number of halogens is 1. The Bertz CT molecular complexity index is 737. The van der Waals surface area contributed by atoms with E-state index in [1.54, 1.807) is 7.05 Å². The van der Waals surface area contributed by atoms with Crippen LogP contribution in [0.2, 0.25) is 5.02 Å². The number of hydrogen-bond donors (Lipinski definition) is 2. The molecule has 1 aromatic rings. The third kappa shape index (κ3) is 6.28. The Morgan fingerprint density at radius 1 is 1.36 bits per heavy atom. The molecule has 1 atom stereocenters. The highest BCUT2D eigenvalue weighted by molar-refractivity contribution is 7.90. The lowest BCUT2D eigenvalue weighted by Crippen LogP contribution is -2.42. The van der Waals surface area contributed by atoms with E-state index >= 15 is 0 Å². The van der Waals surface area contributed by atoms with E-state index in [9.17, 15) is 8.42 Å². The number of nitrogens with zero attached hydrogens (tertiary/aromatic N) is 1. The molecule has 1 aliphatic rings. The molecule has 25 heavy (non-hydrogen) atoms. The van der Waals surface area contributed by atoms with E-state index in [1.807, 2.05) is 19.1 Å². The lowest BCUT2D eigenvalue weighted by molar-refractivity contribution is 0.171.